The third kappa shape index (κ3) is 5.03. The number of hydrogen-bond donors (Lipinski definition) is 1. The SMILES string of the molecule is CCN(CC(=O)Nc1cc(Cl)ccc1C)C(=O)c1ccc(Br)cc1F. The van der Waals surface area contributed by atoms with Crippen LogP contribution >= 0.6 is 27.5 Å². The maximum Gasteiger partial charge on any atom is 0.257 e. The molecule has 0 unspecified atom stereocenters. The quantitative estimate of drug-likeness (QED) is 0.755. The Morgan fingerprint density at radius 1 is 1.24 bits per heavy atom. The molecule has 0 aromatic heterocycles. The van der Waals surface area contributed by atoms with Crippen LogP contribution in [0.4, 0.5) is 10.1 Å². The van der Waals surface area contributed by atoms with Crippen molar-refractivity contribution in [2.75, 3.05) is 18.4 Å². The van der Waals surface area contributed by atoms with Crippen LogP contribution in [0.25, 0.3) is 0 Å². The average Bonchev–Trinajstić information content (AvgIpc) is 2.55. The van der Waals surface area contributed by atoms with E-state index in [1.54, 1.807) is 31.2 Å². The summed E-state index contributed by atoms with van der Waals surface area (Å²) in [6, 6.07) is 9.35. The Hall–Kier alpha value is -1.92. The zero-order valence-electron chi connectivity index (χ0n) is 13.8. The Morgan fingerprint density at radius 2 is 1.96 bits per heavy atom. The molecule has 4 nitrogen and oxygen atoms in total. The number of rotatable bonds is 5. The number of nitrogens with zero attached hydrogens (tertiary/aromatic N) is 1. The fourth-order valence-corrected chi connectivity index (χ4v) is 2.76. The molecule has 2 amide bonds. The molecule has 1 N–H and O–H groups in total. The fourth-order valence-electron chi connectivity index (χ4n) is 2.25. The van der Waals surface area contributed by atoms with Crippen molar-refractivity contribution in [2.24, 2.45) is 0 Å². The first-order valence-electron chi connectivity index (χ1n) is 7.62. The summed E-state index contributed by atoms with van der Waals surface area (Å²) in [5, 5.41) is 3.23. The molecule has 0 spiro atoms. The second-order valence-electron chi connectivity index (χ2n) is 5.45. The molecule has 0 aliphatic carbocycles. The van der Waals surface area contributed by atoms with Gasteiger partial charge in [0, 0.05) is 21.7 Å². The molecular weight excluding hydrogens is 411 g/mol. The molecule has 0 aliphatic rings. The van der Waals surface area contributed by atoms with E-state index in [-0.39, 0.29) is 24.6 Å². The molecule has 0 aliphatic heterocycles. The van der Waals surface area contributed by atoms with E-state index in [9.17, 15) is 14.0 Å². The van der Waals surface area contributed by atoms with Crippen molar-refractivity contribution in [3.05, 3.63) is 62.8 Å². The lowest BCUT2D eigenvalue weighted by atomic mass is 10.2. The van der Waals surface area contributed by atoms with E-state index in [4.69, 9.17) is 11.6 Å². The zero-order valence-corrected chi connectivity index (χ0v) is 16.1. The van der Waals surface area contributed by atoms with Gasteiger partial charge in [-0.15, -0.1) is 0 Å². The predicted molar refractivity (Wildman–Crippen MR) is 100 cm³/mol. The lowest BCUT2D eigenvalue weighted by Gasteiger charge is -2.21. The molecule has 132 valence electrons. The minimum atomic E-state index is -0.635. The monoisotopic (exact) mass is 426 g/mol. The van der Waals surface area contributed by atoms with Gasteiger partial charge >= 0.3 is 0 Å². The minimum Gasteiger partial charge on any atom is -0.330 e. The minimum absolute atomic E-state index is 0.0724. The van der Waals surface area contributed by atoms with Crippen molar-refractivity contribution in [1.29, 1.82) is 0 Å². The van der Waals surface area contributed by atoms with Gasteiger partial charge in [0.15, 0.2) is 0 Å². The first-order chi connectivity index (χ1) is 11.8. The van der Waals surface area contributed by atoms with Gasteiger partial charge in [-0.1, -0.05) is 33.6 Å². The topological polar surface area (TPSA) is 49.4 Å². The van der Waals surface area contributed by atoms with Crippen molar-refractivity contribution in [3.8, 4) is 0 Å². The highest BCUT2D eigenvalue weighted by atomic mass is 79.9. The van der Waals surface area contributed by atoms with E-state index in [2.05, 4.69) is 21.2 Å². The molecule has 0 saturated heterocycles. The molecular formula is C18H17BrClFN2O2. The van der Waals surface area contributed by atoms with Crippen LogP contribution in [0.3, 0.4) is 0 Å². The lowest BCUT2D eigenvalue weighted by Crippen LogP contribution is -2.38. The standard InChI is InChI=1S/C18H17BrClFN2O2/c1-3-23(18(25)14-7-5-12(19)8-15(14)21)10-17(24)22-16-9-13(20)6-4-11(16)2/h4-9H,3,10H2,1-2H3,(H,22,24). The van der Waals surface area contributed by atoms with Gasteiger partial charge in [0.2, 0.25) is 5.91 Å². The summed E-state index contributed by atoms with van der Waals surface area (Å²) in [5.41, 5.74) is 1.36. The number of aryl methyl sites for hydroxylation is 1. The summed E-state index contributed by atoms with van der Waals surface area (Å²) in [5.74, 6) is -1.55. The lowest BCUT2D eigenvalue weighted by molar-refractivity contribution is -0.116. The molecule has 0 bridgehead atoms. The normalized spacial score (nSPS) is 10.4. The van der Waals surface area contributed by atoms with Crippen LogP contribution in [0, 0.1) is 12.7 Å². The van der Waals surface area contributed by atoms with Crippen molar-refractivity contribution >= 4 is 45.0 Å². The summed E-state index contributed by atoms with van der Waals surface area (Å²) >= 11 is 9.08. The first kappa shape index (κ1) is 19.4. The largest absolute Gasteiger partial charge is 0.330 e. The molecule has 25 heavy (non-hydrogen) atoms. The molecule has 0 atom stereocenters. The Morgan fingerprint density at radius 3 is 2.60 bits per heavy atom. The van der Waals surface area contributed by atoms with Crippen molar-refractivity contribution in [1.82, 2.24) is 4.90 Å². The van der Waals surface area contributed by atoms with Crippen molar-refractivity contribution in [3.63, 3.8) is 0 Å². The van der Waals surface area contributed by atoms with Crippen LogP contribution < -0.4 is 5.32 Å². The predicted octanol–water partition coefficient (Wildman–Crippen LogP) is 4.65. The van der Waals surface area contributed by atoms with Crippen molar-refractivity contribution < 1.29 is 14.0 Å². The van der Waals surface area contributed by atoms with Gasteiger partial charge < -0.3 is 10.2 Å². The molecule has 0 saturated carbocycles. The second-order valence-corrected chi connectivity index (χ2v) is 6.80. The number of halogens is 3. The van der Waals surface area contributed by atoms with Gasteiger partial charge in [-0.3, -0.25) is 9.59 Å². The highest BCUT2D eigenvalue weighted by Crippen LogP contribution is 2.20. The number of benzene rings is 2. The number of carbonyl (C=O) groups excluding carboxylic acids is 2. The van der Waals surface area contributed by atoms with E-state index in [0.717, 1.165) is 5.56 Å². The van der Waals surface area contributed by atoms with Gasteiger partial charge in [0.05, 0.1) is 5.56 Å². The molecule has 2 aromatic rings. The average molecular weight is 428 g/mol. The van der Waals surface area contributed by atoms with Gasteiger partial charge in [-0.05, 0) is 49.7 Å². The molecule has 2 aromatic carbocycles. The summed E-state index contributed by atoms with van der Waals surface area (Å²) in [6.07, 6.45) is 0. The first-order valence-corrected chi connectivity index (χ1v) is 8.79. The van der Waals surface area contributed by atoms with Crippen LogP contribution in [-0.2, 0) is 4.79 Å². The fraction of sp³-hybridized carbons (Fsp3) is 0.222. The Labute approximate surface area is 159 Å². The number of nitrogens with one attached hydrogen (secondary N) is 1. The van der Waals surface area contributed by atoms with Crippen LogP contribution in [0.15, 0.2) is 40.9 Å². The van der Waals surface area contributed by atoms with Crippen LogP contribution in [-0.4, -0.2) is 29.8 Å². The Bertz CT molecular complexity index is 814. The van der Waals surface area contributed by atoms with Gasteiger partial charge in [-0.25, -0.2) is 4.39 Å². The number of amides is 2. The molecule has 7 heteroatoms. The zero-order chi connectivity index (χ0) is 18.6. The number of hydrogen-bond acceptors (Lipinski definition) is 2. The third-order valence-corrected chi connectivity index (χ3v) is 4.37. The van der Waals surface area contributed by atoms with Crippen LogP contribution in [0.5, 0.6) is 0 Å². The van der Waals surface area contributed by atoms with Gasteiger partial charge in [0.1, 0.15) is 12.4 Å². The van der Waals surface area contributed by atoms with E-state index >= 15 is 0 Å². The Kier molecular flexibility index (Phi) is 6.56. The van der Waals surface area contributed by atoms with Crippen LogP contribution in [0.2, 0.25) is 5.02 Å². The third-order valence-electron chi connectivity index (χ3n) is 3.64. The maximum atomic E-state index is 14.0. The van der Waals surface area contributed by atoms with Crippen molar-refractivity contribution in [2.45, 2.75) is 13.8 Å². The maximum absolute atomic E-state index is 14.0. The summed E-state index contributed by atoms with van der Waals surface area (Å²) in [7, 11) is 0. The number of anilines is 1. The van der Waals surface area contributed by atoms with E-state index in [0.29, 0.717) is 15.2 Å². The van der Waals surface area contributed by atoms with E-state index in [1.807, 2.05) is 6.92 Å². The van der Waals surface area contributed by atoms with E-state index < -0.39 is 11.7 Å². The smallest absolute Gasteiger partial charge is 0.257 e. The number of likely N-dealkylation sites (N-methyl/N-ethyl adjacent to an activating group) is 1. The molecule has 0 radical (unpaired) electrons. The van der Waals surface area contributed by atoms with Gasteiger partial charge in [0.25, 0.3) is 5.91 Å². The summed E-state index contributed by atoms with van der Waals surface area (Å²) in [4.78, 5) is 26.0. The number of carbonyl (C=O) groups is 2. The second kappa shape index (κ2) is 8.45. The van der Waals surface area contributed by atoms with E-state index in [1.165, 1.54) is 17.0 Å². The molecule has 0 fully saturated rings. The van der Waals surface area contributed by atoms with Crippen LogP contribution in [0.1, 0.15) is 22.8 Å². The van der Waals surface area contributed by atoms with Gasteiger partial charge in [-0.2, -0.15) is 0 Å². The highest BCUT2D eigenvalue weighted by molar-refractivity contribution is 9.10. The molecule has 2 rings (SSSR count). The summed E-state index contributed by atoms with van der Waals surface area (Å²) < 4.78 is 14.5. The highest BCUT2D eigenvalue weighted by Gasteiger charge is 2.20. The summed E-state index contributed by atoms with van der Waals surface area (Å²) in [6.45, 7) is 3.66. The Balaban J connectivity index is 2.11. The molecule has 0 heterocycles.